The van der Waals surface area contributed by atoms with Crippen molar-refractivity contribution in [3.8, 4) is 17.3 Å². The Labute approximate surface area is 153 Å². The van der Waals surface area contributed by atoms with Crippen molar-refractivity contribution in [3.05, 3.63) is 40.2 Å². The van der Waals surface area contributed by atoms with E-state index in [0.717, 1.165) is 28.8 Å². The van der Waals surface area contributed by atoms with Gasteiger partial charge >= 0.3 is 13.8 Å². The number of hydrogen-bond acceptors (Lipinski definition) is 5. The van der Waals surface area contributed by atoms with Crippen molar-refractivity contribution in [1.29, 1.82) is 0 Å². The lowest BCUT2D eigenvalue weighted by Crippen LogP contribution is -2.20. The molecule has 0 aliphatic carbocycles. The van der Waals surface area contributed by atoms with Crippen molar-refractivity contribution in [1.82, 2.24) is 4.57 Å². The fourth-order valence-corrected chi connectivity index (χ4v) is 3.51. The zero-order valence-corrected chi connectivity index (χ0v) is 15.4. The average molecular weight is 403 g/mol. The van der Waals surface area contributed by atoms with Crippen molar-refractivity contribution in [2.24, 2.45) is 0 Å². The molecule has 0 saturated heterocycles. The Bertz CT molecular complexity index is 994. The van der Waals surface area contributed by atoms with Crippen LogP contribution in [0.25, 0.3) is 10.9 Å². The van der Waals surface area contributed by atoms with Gasteiger partial charge in [0.25, 0.3) is 5.56 Å². The Morgan fingerprint density at radius 2 is 1.81 bits per heavy atom. The number of aromatic hydroxyl groups is 1. The molecule has 1 heterocycles. The highest BCUT2D eigenvalue weighted by molar-refractivity contribution is 7.59. The second-order valence-electron chi connectivity index (χ2n) is 5.31. The molecule has 0 aliphatic heterocycles. The first-order valence-corrected chi connectivity index (χ1v) is 9.48. The summed E-state index contributed by atoms with van der Waals surface area (Å²) in [6, 6.07) is 3.73. The van der Waals surface area contributed by atoms with E-state index in [9.17, 15) is 27.6 Å². The van der Waals surface area contributed by atoms with Crippen molar-refractivity contribution in [2.75, 3.05) is 13.2 Å². The summed E-state index contributed by atoms with van der Waals surface area (Å²) in [7, 11) is -3.66. The second kappa shape index (κ2) is 8.17. The van der Waals surface area contributed by atoms with Crippen LogP contribution in [0.4, 0.5) is 13.2 Å². The first-order chi connectivity index (χ1) is 12.6. The van der Waals surface area contributed by atoms with Crippen LogP contribution in [0.2, 0.25) is 0 Å². The van der Waals surface area contributed by atoms with Gasteiger partial charge in [-0.3, -0.25) is 18.4 Å². The van der Waals surface area contributed by atoms with Crippen molar-refractivity contribution < 1.29 is 31.9 Å². The van der Waals surface area contributed by atoms with Crippen LogP contribution >= 0.6 is 7.60 Å². The molecule has 0 spiro atoms. The van der Waals surface area contributed by atoms with Gasteiger partial charge in [-0.25, -0.2) is 4.57 Å². The highest BCUT2D eigenvalue weighted by Gasteiger charge is 2.30. The lowest BCUT2D eigenvalue weighted by molar-refractivity contribution is -0.137. The predicted octanol–water partition coefficient (Wildman–Crippen LogP) is 3.95. The molecule has 1 aromatic heterocycles. The summed E-state index contributed by atoms with van der Waals surface area (Å²) in [6.07, 6.45) is -4.56. The minimum Gasteiger partial charge on any atom is -0.503 e. The Kier molecular flexibility index (Phi) is 6.37. The smallest absolute Gasteiger partial charge is 0.416 e. The van der Waals surface area contributed by atoms with Gasteiger partial charge in [0.15, 0.2) is 5.75 Å². The summed E-state index contributed by atoms with van der Waals surface area (Å²) in [5.41, 5.74) is 0.727. The van der Waals surface area contributed by atoms with Gasteiger partial charge in [-0.2, -0.15) is 13.2 Å². The zero-order valence-electron chi connectivity index (χ0n) is 14.5. The lowest BCUT2D eigenvalue weighted by Gasteiger charge is -2.12. The molecule has 1 N–H and O–H groups in total. The van der Waals surface area contributed by atoms with E-state index < -0.39 is 30.6 Å². The second-order valence-corrected chi connectivity index (χ2v) is 7.05. The molecule has 146 valence electrons. The summed E-state index contributed by atoms with van der Waals surface area (Å²) >= 11 is 0. The van der Waals surface area contributed by atoms with Gasteiger partial charge in [-0.1, -0.05) is 5.92 Å². The number of benzene rings is 1. The van der Waals surface area contributed by atoms with Gasteiger partial charge in [0.1, 0.15) is 0 Å². The van der Waals surface area contributed by atoms with E-state index in [-0.39, 0.29) is 30.7 Å². The quantitative estimate of drug-likeness (QED) is 0.604. The number of fused-ring (bicyclic) bond motifs is 1. The number of pyridine rings is 1. The average Bonchev–Trinajstić information content (AvgIpc) is 2.57. The van der Waals surface area contributed by atoms with Gasteiger partial charge in [0, 0.05) is 11.0 Å². The van der Waals surface area contributed by atoms with E-state index in [1.807, 2.05) is 0 Å². The fraction of sp³-hybridized carbons (Fsp3) is 0.353. The number of rotatable bonds is 5. The number of hydrogen-bond donors (Lipinski definition) is 1. The highest BCUT2D eigenvalue weighted by atomic mass is 31.2. The van der Waals surface area contributed by atoms with Crippen LogP contribution in [0.1, 0.15) is 19.4 Å². The molecule has 0 unspecified atom stereocenters. The van der Waals surface area contributed by atoms with E-state index in [1.54, 1.807) is 13.8 Å². The van der Waals surface area contributed by atoms with Crippen LogP contribution < -0.4 is 5.56 Å². The van der Waals surface area contributed by atoms with E-state index >= 15 is 0 Å². The van der Waals surface area contributed by atoms with E-state index in [0.29, 0.717) is 0 Å². The fourth-order valence-electron chi connectivity index (χ4n) is 2.36. The van der Waals surface area contributed by atoms with Gasteiger partial charge in [-0.15, -0.1) is 0 Å². The Morgan fingerprint density at radius 3 is 2.37 bits per heavy atom. The first kappa shape index (κ1) is 21.0. The van der Waals surface area contributed by atoms with Gasteiger partial charge in [0.05, 0.1) is 30.8 Å². The third-order valence-corrected chi connectivity index (χ3v) is 5.08. The number of alkyl halides is 3. The monoisotopic (exact) mass is 403 g/mol. The number of halogens is 3. The number of nitrogens with zero attached hydrogens (tertiary/aromatic N) is 1. The summed E-state index contributed by atoms with van der Waals surface area (Å²) in [6.45, 7) is 3.10. The third kappa shape index (κ3) is 4.92. The molecule has 0 bridgehead atoms. The molecule has 10 heteroatoms. The van der Waals surface area contributed by atoms with Crippen LogP contribution in [-0.2, 0) is 26.3 Å². The highest BCUT2D eigenvalue weighted by Crippen LogP contribution is 2.46. The molecular weight excluding hydrogens is 386 g/mol. The molecule has 6 nitrogen and oxygen atoms in total. The predicted molar refractivity (Wildman–Crippen MR) is 93.5 cm³/mol. The summed E-state index contributed by atoms with van der Waals surface area (Å²) in [5, 5.41) is 9.77. The molecule has 0 saturated carbocycles. The molecule has 2 rings (SSSR count). The Balaban J connectivity index is 2.50. The van der Waals surface area contributed by atoms with Gasteiger partial charge in [-0.05, 0) is 38.1 Å². The van der Waals surface area contributed by atoms with Gasteiger partial charge in [0.2, 0.25) is 0 Å². The molecular formula is C17H17F3NO5P. The molecule has 1 aromatic carbocycles. The SMILES string of the molecule is CCOP(=O)(C#CCn1c(=O)c(O)cc2cc(C(F)(F)F)ccc21)OCC. The zero-order chi connectivity index (χ0) is 20.2. The van der Waals surface area contributed by atoms with E-state index in [2.05, 4.69) is 11.6 Å². The molecule has 0 fully saturated rings. The summed E-state index contributed by atoms with van der Waals surface area (Å²) in [5.74, 6) is 1.76. The summed E-state index contributed by atoms with van der Waals surface area (Å²) in [4.78, 5) is 12.2. The van der Waals surface area contributed by atoms with Crippen LogP contribution in [0, 0.1) is 11.6 Å². The third-order valence-electron chi connectivity index (χ3n) is 3.45. The number of aromatic nitrogens is 1. The van der Waals surface area contributed by atoms with Crippen molar-refractivity contribution in [3.63, 3.8) is 0 Å². The molecule has 2 aromatic rings. The normalized spacial score (nSPS) is 12.0. The van der Waals surface area contributed by atoms with Crippen molar-refractivity contribution in [2.45, 2.75) is 26.6 Å². The van der Waals surface area contributed by atoms with Crippen molar-refractivity contribution >= 4 is 18.5 Å². The maximum absolute atomic E-state index is 12.9. The molecule has 0 radical (unpaired) electrons. The largest absolute Gasteiger partial charge is 0.503 e. The Morgan fingerprint density at radius 1 is 1.19 bits per heavy atom. The summed E-state index contributed by atoms with van der Waals surface area (Å²) < 4.78 is 61.9. The van der Waals surface area contributed by atoms with Crippen LogP contribution in [0.3, 0.4) is 0 Å². The first-order valence-electron chi connectivity index (χ1n) is 7.94. The Hall–Kier alpha value is -2.27. The van der Waals surface area contributed by atoms with E-state index in [1.165, 1.54) is 0 Å². The molecule has 0 atom stereocenters. The van der Waals surface area contributed by atoms with Crippen LogP contribution in [-0.4, -0.2) is 22.9 Å². The lowest BCUT2D eigenvalue weighted by atomic mass is 10.1. The standard InChI is InChI=1S/C17H17F3NO5P/c1-3-25-27(24,26-4-2)9-5-8-21-14-7-6-13(17(18,19)20)10-12(14)11-15(22)16(21)23/h6-7,10-11,22H,3-4,8H2,1-2H3. The van der Waals surface area contributed by atoms with E-state index in [4.69, 9.17) is 9.05 Å². The van der Waals surface area contributed by atoms with Crippen LogP contribution in [0.15, 0.2) is 29.1 Å². The minimum atomic E-state index is -4.56. The minimum absolute atomic E-state index is 0.0153. The maximum atomic E-state index is 12.9. The topological polar surface area (TPSA) is 77.8 Å². The van der Waals surface area contributed by atoms with Crippen LogP contribution in [0.5, 0.6) is 5.75 Å². The van der Waals surface area contributed by atoms with Gasteiger partial charge < -0.3 is 5.11 Å². The molecule has 0 aliphatic rings. The maximum Gasteiger partial charge on any atom is 0.416 e. The molecule has 0 amide bonds. The molecule has 27 heavy (non-hydrogen) atoms.